The number of carbonyl (C=O) groups excluding carboxylic acids is 1. The quantitative estimate of drug-likeness (QED) is 0.392. The third kappa shape index (κ3) is 4.16. The molecule has 6 nitrogen and oxygen atoms in total. The Morgan fingerprint density at radius 2 is 1.93 bits per heavy atom. The Bertz CT molecular complexity index is 925. The van der Waals surface area contributed by atoms with Gasteiger partial charge in [-0.2, -0.15) is 0 Å². The normalized spacial score (nSPS) is 17.0. The summed E-state index contributed by atoms with van der Waals surface area (Å²) in [6.07, 6.45) is -0.667. The second-order valence-electron chi connectivity index (χ2n) is 5.82. The van der Waals surface area contributed by atoms with Crippen molar-refractivity contribution in [3.05, 3.63) is 72.5 Å². The van der Waals surface area contributed by atoms with Crippen molar-refractivity contribution in [1.29, 1.82) is 0 Å². The number of carbonyl (C=O) groups is 1. The second kappa shape index (κ2) is 7.98. The van der Waals surface area contributed by atoms with Gasteiger partial charge in [0.15, 0.2) is 0 Å². The van der Waals surface area contributed by atoms with E-state index in [1.54, 1.807) is 0 Å². The Labute approximate surface area is 168 Å². The molecule has 0 aromatic heterocycles. The summed E-state index contributed by atoms with van der Waals surface area (Å²) >= 11 is 17.9. The summed E-state index contributed by atoms with van der Waals surface area (Å²) in [6.45, 7) is 0.518. The lowest BCUT2D eigenvalue weighted by Gasteiger charge is -2.33. The standard InChI is InChI=1S/C17H12Cl3FN2O4/c18-12-2-1-9(23(25)26)5-11(12)17(24)22-3-4-27-16(8-22)10-6-15(21)14(20)7-13(10)19/h1-2,5-7,16H,3-4,8H2. The monoisotopic (exact) mass is 432 g/mol. The van der Waals surface area contributed by atoms with Gasteiger partial charge in [-0.15, -0.1) is 0 Å². The minimum atomic E-state index is -0.667. The average Bonchev–Trinajstić information content (AvgIpc) is 2.64. The first-order valence-corrected chi connectivity index (χ1v) is 8.90. The molecular weight excluding hydrogens is 422 g/mol. The van der Waals surface area contributed by atoms with Crippen LogP contribution in [0.1, 0.15) is 22.0 Å². The highest BCUT2D eigenvalue weighted by Gasteiger charge is 2.29. The molecule has 0 aliphatic carbocycles. The number of ether oxygens (including phenoxy) is 1. The summed E-state index contributed by atoms with van der Waals surface area (Å²) in [5, 5.41) is 11.2. The second-order valence-corrected chi connectivity index (χ2v) is 7.04. The van der Waals surface area contributed by atoms with Gasteiger partial charge in [0, 0.05) is 29.3 Å². The molecule has 1 amide bonds. The minimum absolute atomic E-state index is 0.0138. The van der Waals surface area contributed by atoms with E-state index in [-0.39, 0.29) is 46.0 Å². The highest BCUT2D eigenvalue weighted by atomic mass is 35.5. The number of nitrogens with zero attached hydrogens (tertiary/aromatic N) is 2. The van der Waals surface area contributed by atoms with Crippen molar-refractivity contribution in [2.75, 3.05) is 19.7 Å². The summed E-state index contributed by atoms with van der Waals surface area (Å²) in [5.41, 5.74) is 0.136. The topological polar surface area (TPSA) is 72.7 Å². The van der Waals surface area contributed by atoms with Crippen LogP contribution in [0.15, 0.2) is 30.3 Å². The van der Waals surface area contributed by atoms with Gasteiger partial charge >= 0.3 is 0 Å². The zero-order valence-electron chi connectivity index (χ0n) is 13.6. The number of nitro groups is 1. The predicted octanol–water partition coefficient (Wildman–Crippen LogP) is 4.91. The van der Waals surface area contributed by atoms with Crippen LogP contribution in [-0.2, 0) is 4.74 Å². The molecule has 0 radical (unpaired) electrons. The van der Waals surface area contributed by atoms with E-state index in [0.717, 1.165) is 6.07 Å². The summed E-state index contributed by atoms with van der Waals surface area (Å²) in [5.74, 6) is -1.13. The van der Waals surface area contributed by atoms with Gasteiger partial charge in [0.05, 0.1) is 33.7 Å². The van der Waals surface area contributed by atoms with Crippen molar-refractivity contribution >= 4 is 46.4 Å². The number of hydrogen-bond donors (Lipinski definition) is 0. The smallest absolute Gasteiger partial charge is 0.270 e. The molecule has 2 aromatic rings. The zero-order valence-corrected chi connectivity index (χ0v) is 15.9. The SMILES string of the molecule is O=C(c1cc([N+](=O)[O-])ccc1Cl)N1CCOC(c2cc(F)c(Cl)cc2Cl)C1. The van der Waals surface area contributed by atoms with Crippen molar-refractivity contribution in [2.45, 2.75) is 6.10 Å². The van der Waals surface area contributed by atoms with Crippen LogP contribution < -0.4 is 0 Å². The number of morpholine rings is 1. The summed E-state index contributed by atoms with van der Waals surface area (Å²) < 4.78 is 19.4. The van der Waals surface area contributed by atoms with Gasteiger partial charge < -0.3 is 9.64 Å². The molecule has 0 bridgehead atoms. The van der Waals surface area contributed by atoms with E-state index >= 15 is 0 Å². The molecule has 0 spiro atoms. The molecule has 1 aliphatic heterocycles. The third-order valence-corrected chi connectivity index (χ3v) is 5.08. The summed E-state index contributed by atoms with van der Waals surface area (Å²) in [7, 11) is 0. The van der Waals surface area contributed by atoms with Crippen LogP contribution in [-0.4, -0.2) is 35.4 Å². The van der Waals surface area contributed by atoms with Crippen LogP contribution >= 0.6 is 34.8 Å². The van der Waals surface area contributed by atoms with E-state index in [4.69, 9.17) is 39.5 Å². The predicted molar refractivity (Wildman–Crippen MR) is 99.1 cm³/mol. The van der Waals surface area contributed by atoms with Crippen molar-refractivity contribution in [3.63, 3.8) is 0 Å². The lowest BCUT2D eigenvalue weighted by Crippen LogP contribution is -2.42. The average molecular weight is 434 g/mol. The van der Waals surface area contributed by atoms with Crippen molar-refractivity contribution < 1.29 is 18.8 Å². The molecule has 10 heteroatoms. The van der Waals surface area contributed by atoms with Gasteiger partial charge in [-0.3, -0.25) is 14.9 Å². The molecule has 1 atom stereocenters. The van der Waals surface area contributed by atoms with Gasteiger partial charge in [-0.05, 0) is 18.2 Å². The number of halogens is 4. The fourth-order valence-electron chi connectivity index (χ4n) is 2.77. The van der Waals surface area contributed by atoms with Gasteiger partial charge in [0.1, 0.15) is 11.9 Å². The van der Waals surface area contributed by atoms with Gasteiger partial charge in [-0.25, -0.2) is 4.39 Å². The fourth-order valence-corrected chi connectivity index (χ4v) is 3.47. The zero-order chi connectivity index (χ0) is 19.7. The lowest BCUT2D eigenvalue weighted by atomic mass is 10.1. The van der Waals surface area contributed by atoms with Crippen molar-refractivity contribution in [3.8, 4) is 0 Å². The molecule has 1 heterocycles. The van der Waals surface area contributed by atoms with Gasteiger partial charge in [-0.1, -0.05) is 34.8 Å². The molecule has 0 saturated carbocycles. The first kappa shape index (κ1) is 19.8. The molecule has 27 heavy (non-hydrogen) atoms. The van der Waals surface area contributed by atoms with Gasteiger partial charge in [0.2, 0.25) is 0 Å². The van der Waals surface area contributed by atoms with E-state index in [1.165, 1.54) is 29.2 Å². The first-order valence-electron chi connectivity index (χ1n) is 7.77. The van der Waals surface area contributed by atoms with Crippen LogP contribution in [0.5, 0.6) is 0 Å². The first-order chi connectivity index (χ1) is 12.8. The van der Waals surface area contributed by atoms with Crippen molar-refractivity contribution in [2.24, 2.45) is 0 Å². The molecule has 1 unspecified atom stereocenters. The van der Waals surface area contributed by atoms with E-state index in [9.17, 15) is 19.3 Å². The van der Waals surface area contributed by atoms with Gasteiger partial charge in [0.25, 0.3) is 11.6 Å². The van der Waals surface area contributed by atoms with E-state index in [2.05, 4.69) is 0 Å². The maximum Gasteiger partial charge on any atom is 0.270 e. The Hall–Kier alpha value is -1.93. The van der Waals surface area contributed by atoms with Crippen LogP contribution in [0.25, 0.3) is 0 Å². The largest absolute Gasteiger partial charge is 0.370 e. The maximum atomic E-state index is 13.8. The van der Waals surface area contributed by atoms with Crippen LogP contribution in [0, 0.1) is 15.9 Å². The number of hydrogen-bond acceptors (Lipinski definition) is 4. The number of amides is 1. The molecule has 1 fully saturated rings. The van der Waals surface area contributed by atoms with Crippen molar-refractivity contribution in [1.82, 2.24) is 4.90 Å². The molecule has 3 rings (SSSR count). The van der Waals surface area contributed by atoms with E-state index < -0.39 is 22.8 Å². The molecule has 1 aliphatic rings. The number of rotatable bonds is 3. The molecule has 1 saturated heterocycles. The molecular formula is C17H12Cl3FN2O4. The van der Waals surface area contributed by atoms with Crippen LogP contribution in [0.4, 0.5) is 10.1 Å². The van der Waals surface area contributed by atoms with E-state index in [1.807, 2.05) is 0 Å². The third-order valence-electron chi connectivity index (χ3n) is 4.13. The molecule has 142 valence electrons. The number of nitro benzene ring substituents is 1. The van der Waals surface area contributed by atoms with E-state index in [0.29, 0.717) is 5.56 Å². The fraction of sp³-hybridized carbons (Fsp3) is 0.235. The summed E-state index contributed by atoms with van der Waals surface area (Å²) in [6, 6.07) is 6.09. The Morgan fingerprint density at radius 3 is 2.63 bits per heavy atom. The molecule has 0 N–H and O–H groups in total. The van der Waals surface area contributed by atoms with Crippen LogP contribution in [0.3, 0.4) is 0 Å². The highest BCUT2D eigenvalue weighted by molar-refractivity contribution is 6.35. The highest BCUT2D eigenvalue weighted by Crippen LogP contribution is 2.33. The Kier molecular flexibility index (Phi) is 5.86. The molecule has 2 aromatic carbocycles. The van der Waals surface area contributed by atoms with Crippen LogP contribution in [0.2, 0.25) is 15.1 Å². The Morgan fingerprint density at radius 1 is 1.19 bits per heavy atom. The number of benzene rings is 2. The maximum absolute atomic E-state index is 13.8. The minimum Gasteiger partial charge on any atom is -0.370 e. The summed E-state index contributed by atoms with van der Waals surface area (Å²) in [4.78, 5) is 24.6. The number of non-ortho nitro benzene ring substituents is 1. The lowest BCUT2D eigenvalue weighted by molar-refractivity contribution is -0.384. The Balaban J connectivity index is 1.87.